The van der Waals surface area contributed by atoms with E-state index in [4.69, 9.17) is 0 Å². The van der Waals surface area contributed by atoms with Gasteiger partial charge in [0, 0.05) is 6.04 Å². The van der Waals surface area contributed by atoms with Crippen molar-refractivity contribution in [2.75, 3.05) is 26.2 Å². The normalized spacial score (nSPS) is 28.9. The van der Waals surface area contributed by atoms with Crippen LogP contribution in [0.1, 0.15) is 44.9 Å². The Hall–Kier alpha value is 0.500. The number of rotatable bonds is 1. The molecule has 4 heteroatoms. The molecule has 0 aromatic heterocycles. The molecule has 0 aromatic rings. The fraction of sp³-hybridized carbons (Fsp3) is 1.00. The van der Waals surface area contributed by atoms with Gasteiger partial charge in [0.2, 0.25) is 0 Å². The highest BCUT2D eigenvalue weighted by Crippen LogP contribution is 2.50. The van der Waals surface area contributed by atoms with E-state index in [1.807, 2.05) is 0 Å². The summed E-state index contributed by atoms with van der Waals surface area (Å²) in [5, 5.41) is 3.49. The molecule has 1 aliphatic carbocycles. The summed E-state index contributed by atoms with van der Waals surface area (Å²) >= 11 is 0. The van der Waals surface area contributed by atoms with E-state index in [0.717, 1.165) is 11.5 Å². The highest BCUT2D eigenvalue weighted by atomic mass is 35.5. The zero-order valence-corrected chi connectivity index (χ0v) is 12.3. The Labute approximate surface area is 118 Å². The Morgan fingerprint density at radius 2 is 1.47 bits per heavy atom. The smallest absolute Gasteiger partial charge is 0.0106 e. The Morgan fingerprint density at radius 3 is 2.06 bits per heavy atom. The first-order valence-electron chi connectivity index (χ1n) is 6.83. The van der Waals surface area contributed by atoms with Crippen LogP contribution in [0, 0.1) is 5.41 Å². The molecule has 17 heavy (non-hydrogen) atoms. The van der Waals surface area contributed by atoms with E-state index < -0.39 is 0 Å². The predicted molar refractivity (Wildman–Crippen MR) is 77.5 cm³/mol. The third-order valence-corrected chi connectivity index (χ3v) is 4.91. The summed E-state index contributed by atoms with van der Waals surface area (Å²) in [6, 6.07) is 0.961. The van der Waals surface area contributed by atoms with E-state index >= 15 is 0 Å². The molecule has 2 nitrogen and oxygen atoms in total. The average Bonchev–Trinajstić information content (AvgIpc) is 2.28. The van der Waals surface area contributed by atoms with Crippen molar-refractivity contribution in [2.24, 2.45) is 5.41 Å². The van der Waals surface area contributed by atoms with Crippen LogP contribution in [0.4, 0.5) is 0 Å². The molecule has 0 bridgehead atoms. The predicted octanol–water partition coefficient (Wildman–Crippen LogP) is 2.85. The number of nitrogens with zero attached hydrogens (tertiary/aromatic N) is 1. The third kappa shape index (κ3) is 3.28. The molecule has 0 amide bonds. The van der Waals surface area contributed by atoms with E-state index in [-0.39, 0.29) is 24.8 Å². The minimum Gasteiger partial charge on any atom is -0.317 e. The first-order chi connectivity index (χ1) is 7.38. The van der Waals surface area contributed by atoms with Crippen molar-refractivity contribution in [1.82, 2.24) is 10.2 Å². The van der Waals surface area contributed by atoms with Crippen LogP contribution >= 0.6 is 24.8 Å². The van der Waals surface area contributed by atoms with Crippen LogP contribution in [-0.4, -0.2) is 37.1 Å². The highest BCUT2D eigenvalue weighted by Gasteiger charge is 2.46. The Balaban J connectivity index is 0.000000722. The van der Waals surface area contributed by atoms with Gasteiger partial charge in [-0.3, -0.25) is 0 Å². The van der Waals surface area contributed by atoms with Crippen molar-refractivity contribution in [3.8, 4) is 0 Å². The number of nitrogens with one attached hydrogen (secondary N) is 1. The van der Waals surface area contributed by atoms with Gasteiger partial charge in [-0.2, -0.15) is 0 Å². The fourth-order valence-electron chi connectivity index (χ4n) is 3.85. The zero-order chi connectivity index (χ0) is 10.1. The molecule has 3 aliphatic rings. The molecule has 1 spiro atoms. The second-order valence-electron chi connectivity index (χ2n) is 5.91. The highest BCUT2D eigenvalue weighted by molar-refractivity contribution is 5.85. The molecule has 3 fully saturated rings. The summed E-state index contributed by atoms with van der Waals surface area (Å²) in [6.45, 7) is 5.32. The van der Waals surface area contributed by atoms with Crippen molar-refractivity contribution < 1.29 is 0 Å². The maximum Gasteiger partial charge on any atom is 0.0106 e. The van der Waals surface area contributed by atoms with E-state index in [9.17, 15) is 0 Å². The van der Waals surface area contributed by atoms with Crippen LogP contribution < -0.4 is 5.32 Å². The minimum absolute atomic E-state index is 0. The zero-order valence-electron chi connectivity index (χ0n) is 10.6. The minimum atomic E-state index is 0. The largest absolute Gasteiger partial charge is 0.317 e. The molecule has 102 valence electrons. The van der Waals surface area contributed by atoms with E-state index in [1.165, 1.54) is 71.1 Å². The van der Waals surface area contributed by atoms with Gasteiger partial charge in [0.1, 0.15) is 0 Å². The topological polar surface area (TPSA) is 15.3 Å². The molecule has 0 unspecified atom stereocenters. The second kappa shape index (κ2) is 6.60. The van der Waals surface area contributed by atoms with Crippen LogP contribution in [0.2, 0.25) is 0 Å². The van der Waals surface area contributed by atoms with E-state index in [0.29, 0.717) is 0 Å². The molecule has 2 heterocycles. The van der Waals surface area contributed by atoms with Crippen molar-refractivity contribution in [1.29, 1.82) is 0 Å². The lowest BCUT2D eigenvalue weighted by molar-refractivity contribution is -0.0272. The van der Waals surface area contributed by atoms with Gasteiger partial charge in [-0.1, -0.05) is 6.42 Å². The van der Waals surface area contributed by atoms with Gasteiger partial charge >= 0.3 is 0 Å². The second-order valence-corrected chi connectivity index (χ2v) is 5.91. The summed E-state index contributed by atoms with van der Waals surface area (Å²) in [6.07, 6.45) is 10.3. The Bertz CT molecular complexity index is 215. The monoisotopic (exact) mass is 280 g/mol. The van der Waals surface area contributed by atoms with Gasteiger partial charge < -0.3 is 10.2 Å². The first-order valence-corrected chi connectivity index (χ1v) is 6.83. The number of hydrogen-bond donors (Lipinski definition) is 1. The standard InChI is InChI=1S/C13H24N2.2ClH/c1-2-8-15(9-3-1)12-10-13(11-12)4-6-14-7-5-13;;/h12,14H,1-11H2;2*1H. The maximum absolute atomic E-state index is 3.49. The van der Waals surface area contributed by atoms with Crippen LogP contribution in [-0.2, 0) is 0 Å². The van der Waals surface area contributed by atoms with Gasteiger partial charge in [0.25, 0.3) is 0 Å². The number of halogens is 2. The van der Waals surface area contributed by atoms with Gasteiger partial charge in [-0.25, -0.2) is 0 Å². The molecule has 2 aliphatic heterocycles. The number of hydrogen-bond acceptors (Lipinski definition) is 2. The third-order valence-electron chi connectivity index (χ3n) is 4.91. The number of piperidine rings is 2. The van der Waals surface area contributed by atoms with Crippen LogP contribution in [0.3, 0.4) is 0 Å². The molecular formula is C13H26Cl2N2. The summed E-state index contributed by atoms with van der Waals surface area (Å²) in [5.41, 5.74) is 0.771. The number of likely N-dealkylation sites (tertiary alicyclic amines) is 1. The van der Waals surface area contributed by atoms with Gasteiger partial charge in [-0.15, -0.1) is 24.8 Å². The molecule has 0 radical (unpaired) electrons. The summed E-state index contributed by atoms with van der Waals surface area (Å²) in [4.78, 5) is 2.77. The van der Waals surface area contributed by atoms with E-state index in [2.05, 4.69) is 10.2 Å². The lowest BCUT2D eigenvalue weighted by Gasteiger charge is -2.54. The lowest BCUT2D eigenvalue weighted by Crippen LogP contribution is -2.55. The quantitative estimate of drug-likeness (QED) is 0.795. The summed E-state index contributed by atoms with van der Waals surface area (Å²) < 4.78 is 0. The van der Waals surface area contributed by atoms with Gasteiger partial charge in [-0.05, 0) is 70.1 Å². The van der Waals surface area contributed by atoms with Gasteiger partial charge in [0.15, 0.2) is 0 Å². The molecule has 1 N–H and O–H groups in total. The first kappa shape index (κ1) is 15.6. The van der Waals surface area contributed by atoms with Crippen LogP contribution in [0.15, 0.2) is 0 Å². The van der Waals surface area contributed by atoms with Gasteiger partial charge in [0.05, 0.1) is 0 Å². The van der Waals surface area contributed by atoms with Crippen LogP contribution in [0.5, 0.6) is 0 Å². The molecular weight excluding hydrogens is 255 g/mol. The van der Waals surface area contributed by atoms with Crippen molar-refractivity contribution >= 4 is 24.8 Å². The Kier molecular flexibility index (Phi) is 6.04. The summed E-state index contributed by atoms with van der Waals surface area (Å²) in [5.74, 6) is 0. The average molecular weight is 281 g/mol. The molecule has 0 atom stereocenters. The Morgan fingerprint density at radius 1 is 0.882 bits per heavy atom. The molecule has 0 aromatic carbocycles. The maximum atomic E-state index is 3.49. The fourth-order valence-corrected chi connectivity index (χ4v) is 3.85. The lowest BCUT2D eigenvalue weighted by atomic mass is 9.60. The van der Waals surface area contributed by atoms with Crippen molar-refractivity contribution in [2.45, 2.75) is 51.0 Å². The van der Waals surface area contributed by atoms with Crippen LogP contribution in [0.25, 0.3) is 0 Å². The summed E-state index contributed by atoms with van der Waals surface area (Å²) in [7, 11) is 0. The van der Waals surface area contributed by atoms with Crippen molar-refractivity contribution in [3.05, 3.63) is 0 Å². The molecule has 3 rings (SSSR count). The van der Waals surface area contributed by atoms with E-state index in [1.54, 1.807) is 0 Å². The molecule has 1 saturated carbocycles. The van der Waals surface area contributed by atoms with Crippen molar-refractivity contribution in [3.63, 3.8) is 0 Å². The molecule has 2 saturated heterocycles. The SMILES string of the molecule is C1CCN(C2CC3(CCNCC3)C2)CC1.Cl.Cl.